The van der Waals surface area contributed by atoms with Crippen LogP contribution in [-0.2, 0) is 7.05 Å². The smallest absolute Gasteiger partial charge is 0.192 e. The number of carbonyl (C=O) groups is 1. The molecule has 0 aromatic carbocycles. The number of nitrogens with zero attached hydrogens (tertiary/aromatic N) is 3. The summed E-state index contributed by atoms with van der Waals surface area (Å²) in [5.74, 6) is -0.232. The lowest BCUT2D eigenvalue weighted by atomic mass is 10.0. The van der Waals surface area contributed by atoms with Gasteiger partial charge in [0.2, 0.25) is 0 Å². The van der Waals surface area contributed by atoms with Crippen LogP contribution in [0.1, 0.15) is 23.8 Å². The lowest BCUT2D eigenvalue weighted by Crippen LogP contribution is -2.19. The van der Waals surface area contributed by atoms with Gasteiger partial charge in [0.1, 0.15) is 11.9 Å². The van der Waals surface area contributed by atoms with Gasteiger partial charge in [-0.1, -0.05) is 5.21 Å². The molecule has 0 amide bonds. The number of carbonyl (C=O) groups excluding carboxylic acids is 1. The van der Waals surface area contributed by atoms with Crippen LogP contribution < -0.4 is 0 Å². The molecule has 0 radical (unpaired) electrons. The molecule has 0 N–H and O–H groups in total. The zero-order valence-corrected chi connectivity index (χ0v) is 9.38. The first-order chi connectivity index (χ1) is 6.47. The highest BCUT2D eigenvalue weighted by Crippen LogP contribution is 2.50. The van der Waals surface area contributed by atoms with Crippen molar-refractivity contribution in [1.82, 2.24) is 15.0 Å². The topological polar surface area (TPSA) is 47.8 Å². The van der Waals surface area contributed by atoms with Crippen LogP contribution in [0.4, 0.5) is 4.39 Å². The summed E-state index contributed by atoms with van der Waals surface area (Å²) >= 11 is 3.12. The maximum absolute atomic E-state index is 13.0. The van der Waals surface area contributed by atoms with Crippen molar-refractivity contribution in [3.8, 4) is 0 Å². The van der Waals surface area contributed by atoms with E-state index in [1.54, 1.807) is 14.0 Å². The molecule has 6 heteroatoms. The minimum atomic E-state index is -1.03. The third kappa shape index (κ3) is 1.20. The van der Waals surface area contributed by atoms with Crippen LogP contribution in [0.15, 0.2) is 4.60 Å². The first-order valence-electron chi connectivity index (χ1n) is 4.21. The van der Waals surface area contributed by atoms with E-state index in [2.05, 4.69) is 26.2 Å². The van der Waals surface area contributed by atoms with Gasteiger partial charge < -0.3 is 0 Å². The molecule has 1 aromatic heterocycles. The van der Waals surface area contributed by atoms with Gasteiger partial charge in [-0.05, 0) is 29.3 Å². The van der Waals surface area contributed by atoms with Gasteiger partial charge in [-0.15, -0.1) is 5.10 Å². The molecule has 2 rings (SSSR count). The summed E-state index contributed by atoms with van der Waals surface area (Å²) in [4.78, 5) is 11.9. The fourth-order valence-electron chi connectivity index (χ4n) is 1.39. The van der Waals surface area contributed by atoms with Crippen LogP contribution in [-0.4, -0.2) is 26.9 Å². The summed E-state index contributed by atoms with van der Waals surface area (Å²) in [6, 6.07) is 0. The maximum Gasteiger partial charge on any atom is 0.192 e. The summed E-state index contributed by atoms with van der Waals surface area (Å²) in [6.07, 6.45) is -0.736. The third-order valence-corrected chi connectivity index (χ3v) is 3.19. The zero-order valence-electron chi connectivity index (χ0n) is 7.79. The number of halogens is 2. The molecule has 1 aromatic rings. The lowest BCUT2D eigenvalue weighted by molar-refractivity contribution is 0.0882. The van der Waals surface area contributed by atoms with Crippen LogP contribution in [0.2, 0.25) is 0 Å². The van der Waals surface area contributed by atoms with E-state index in [1.807, 2.05) is 0 Å². The number of aryl methyl sites for hydroxylation is 1. The molecule has 1 aliphatic carbocycles. The fourth-order valence-corrected chi connectivity index (χ4v) is 1.90. The van der Waals surface area contributed by atoms with Gasteiger partial charge in [0.15, 0.2) is 10.4 Å². The number of hydrogen-bond donors (Lipinski definition) is 0. The minimum Gasteiger partial charge on any atom is -0.292 e. The van der Waals surface area contributed by atoms with Crippen LogP contribution in [0.25, 0.3) is 0 Å². The molecule has 0 aliphatic heterocycles. The molecule has 0 spiro atoms. The molecular weight excluding hydrogens is 253 g/mol. The van der Waals surface area contributed by atoms with Gasteiger partial charge in [0.25, 0.3) is 0 Å². The monoisotopic (exact) mass is 261 g/mol. The van der Waals surface area contributed by atoms with Crippen LogP contribution in [0.3, 0.4) is 0 Å². The van der Waals surface area contributed by atoms with Gasteiger partial charge >= 0.3 is 0 Å². The van der Waals surface area contributed by atoms with E-state index >= 15 is 0 Å². The summed E-state index contributed by atoms with van der Waals surface area (Å²) in [5.41, 5.74) is -0.523. The summed E-state index contributed by atoms with van der Waals surface area (Å²) in [5, 5.41) is 7.37. The molecule has 2 atom stereocenters. The third-order valence-electron chi connectivity index (χ3n) is 2.65. The van der Waals surface area contributed by atoms with Crippen molar-refractivity contribution in [1.29, 1.82) is 0 Å². The first-order valence-corrected chi connectivity index (χ1v) is 5.00. The largest absolute Gasteiger partial charge is 0.292 e. The van der Waals surface area contributed by atoms with Gasteiger partial charge in [-0.3, -0.25) is 4.79 Å². The van der Waals surface area contributed by atoms with Gasteiger partial charge in [-0.25, -0.2) is 9.07 Å². The Hall–Kier alpha value is -0.780. The molecular formula is C8H9BrFN3O. The number of ketones is 1. The summed E-state index contributed by atoms with van der Waals surface area (Å²) in [6.45, 7) is 1.62. The Morgan fingerprint density at radius 2 is 2.36 bits per heavy atom. The second-order valence-corrected chi connectivity index (χ2v) is 4.52. The van der Waals surface area contributed by atoms with Crippen molar-refractivity contribution in [2.45, 2.75) is 19.5 Å². The first kappa shape index (κ1) is 9.76. The van der Waals surface area contributed by atoms with Gasteiger partial charge in [0.05, 0.1) is 5.41 Å². The van der Waals surface area contributed by atoms with Crippen molar-refractivity contribution in [2.75, 3.05) is 0 Å². The van der Waals surface area contributed by atoms with Crippen molar-refractivity contribution in [2.24, 2.45) is 12.5 Å². The van der Waals surface area contributed by atoms with Gasteiger partial charge in [-0.2, -0.15) is 0 Å². The second-order valence-electron chi connectivity index (χ2n) is 3.77. The molecule has 0 saturated heterocycles. The van der Waals surface area contributed by atoms with Crippen molar-refractivity contribution >= 4 is 21.7 Å². The fraction of sp³-hybridized carbons (Fsp3) is 0.625. The predicted octanol–water partition coefficient (Wildman–Crippen LogP) is 1.51. The molecule has 1 fully saturated rings. The molecule has 76 valence electrons. The molecule has 2 unspecified atom stereocenters. The maximum atomic E-state index is 13.0. The average Bonchev–Trinajstić information content (AvgIpc) is 2.58. The molecule has 1 heterocycles. The van der Waals surface area contributed by atoms with E-state index in [0.29, 0.717) is 16.7 Å². The standard InChI is InChI=1S/C8H9BrFN3O/c1-8(3-4(8)10)6(14)5-7(9)11-12-13(5)2/h4H,3H2,1-2H3. The highest BCUT2D eigenvalue weighted by molar-refractivity contribution is 9.10. The number of Topliss-reactive ketones (excluding diaryl/α,β-unsaturated/α-hetero) is 1. The number of hydrogen-bond acceptors (Lipinski definition) is 3. The SMILES string of the molecule is Cn1nnc(Br)c1C(=O)C1(C)CC1F. The molecule has 4 nitrogen and oxygen atoms in total. The summed E-state index contributed by atoms with van der Waals surface area (Å²) in [7, 11) is 1.62. The number of alkyl halides is 1. The highest BCUT2D eigenvalue weighted by Gasteiger charge is 2.58. The quantitative estimate of drug-likeness (QED) is 0.759. The Morgan fingerprint density at radius 1 is 1.79 bits per heavy atom. The Balaban J connectivity index is 2.37. The van der Waals surface area contributed by atoms with E-state index < -0.39 is 11.6 Å². The predicted molar refractivity (Wildman–Crippen MR) is 50.7 cm³/mol. The number of aromatic nitrogens is 3. The van der Waals surface area contributed by atoms with E-state index in [0.717, 1.165) is 0 Å². The lowest BCUT2D eigenvalue weighted by Gasteiger charge is -2.06. The van der Waals surface area contributed by atoms with Crippen molar-refractivity contribution < 1.29 is 9.18 Å². The molecule has 0 bridgehead atoms. The van der Waals surface area contributed by atoms with E-state index in [-0.39, 0.29) is 5.78 Å². The molecule has 14 heavy (non-hydrogen) atoms. The normalized spacial score (nSPS) is 30.4. The highest BCUT2D eigenvalue weighted by atomic mass is 79.9. The second kappa shape index (κ2) is 2.85. The van der Waals surface area contributed by atoms with E-state index in [9.17, 15) is 9.18 Å². The average molecular weight is 262 g/mol. The van der Waals surface area contributed by atoms with Crippen LogP contribution in [0, 0.1) is 5.41 Å². The zero-order chi connectivity index (χ0) is 10.5. The Kier molecular flexibility index (Phi) is 1.99. The van der Waals surface area contributed by atoms with Crippen molar-refractivity contribution in [3.63, 3.8) is 0 Å². The Morgan fingerprint density at radius 3 is 2.71 bits per heavy atom. The van der Waals surface area contributed by atoms with E-state index in [1.165, 1.54) is 4.68 Å². The number of rotatable bonds is 2. The Bertz CT molecular complexity index is 386. The Labute approximate surface area is 88.6 Å². The van der Waals surface area contributed by atoms with Gasteiger partial charge in [0, 0.05) is 7.05 Å². The summed E-state index contributed by atoms with van der Waals surface area (Å²) < 4.78 is 14.7. The van der Waals surface area contributed by atoms with Crippen molar-refractivity contribution in [3.05, 3.63) is 10.3 Å². The minimum absolute atomic E-state index is 0.232. The molecule has 1 aliphatic rings. The van der Waals surface area contributed by atoms with E-state index in [4.69, 9.17) is 0 Å². The molecule has 1 saturated carbocycles. The van der Waals surface area contributed by atoms with Crippen LogP contribution >= 0.6 is 15.9 Å². The van der Waals surface area contributed by atoms with Crippen LogP contribution in [0.5, 0.6) is 0 Å².